The van der Waals surface area contributed by atoms with E-state index in [0.717, 1.165) is 0 Å². The van der Waals surface area contributed by atoms with Crippen LogP contribution in [0.2, 0.25) is 0 Å². The number of carbonyl (C=O) groups is 1. The topological polar surface area (TPSA) is 120 Å². The second-order valence-electron chi connectivity index (χ2n) is 5.36. The number of nitrogens with zero attached hydrogens (tertiary/aromatic N) is 3. The van der Waals surface area contributed by atoms with E-state index in [1.54, 1.807) is 19.9 Å². The summed E-state index contributed by atoms with van der Waals surface area (Å²) in [6.45, 7) is 3.42. The molecule has 0 aliphatic rings. The molecule has 0 radical (unpaired) electrons. The number of hydrogen-bond donors (Lipinski definition) is 3. The normalized spacial score (nSPS) is 10.7. The fourth-order valence-electron chi connectivity index (χ4n) is 2.75. The molecule has 0 bridgehead atoms. The number of phenols is 1. The Morgan fingerprint density at radius 1 is 1.38 bits per heavy atom. The summed E-state index contributed by atoms with van der Waals surface area (Å²) in [6.07, 6.45) is 7.09. The molecule has 24 heavy (non-hydrogen) atoms. The van der Waals surface area contributed by atoms with Crippen LogP contribution in [0.3, 0.4) is 0 Å². The highest BCUT2D eigenvalue weighted by atomic mass is 16.3. The molecular formula is C17H15N5O2. The first-order chi connectivity index (χ1) is 11.4. The van der Waals surface area contributed by atoms with E-state index >= 15 is 0 Å². The number of aryl methyl sites for hydroxylation is 1. The van der Waals surface area contributed by atoms with E-state index in [9.17, 15) is 9.90 Å². The molecular weight excluding hydrogens is 306 g/mol. The first-order valence-corrected chi connectivity index (χ1v) is 7.09. The monoisotopic (exact) mass is 321 g/mol. The maximum Gasteiger partial charge on any atom is 0.253 e. The summed E-state index contributed by atoms with van der Waals surface area (Å²) in [6, 6.07) is 3.10. The van der Waals surface area contributed by atoms with Crippen molar-refractivity contribution in [2.75, 3.05) is 5.73 Å². The van der Waals surface area contributed by atoms with E-state index in [1.165, 1.54) is 16.8 Å². The summed E-state index contributed by atoms with van der Waals surface area (Å²) in [5.41, 5.74) is 13.7. The average molecular weight is 321 g/mol. The predicted octanol–water partition coefficient (Wildman–Crippen LogP) is 1.41. The highest BCUT2D eigenvalue weighted by Gasteiger charge is 2.24. The molecule has 3 aromatic rings. The van der Waals surface area contributed by atoms with Crippen molar-refractivity contribution in [1.29, 1.82) is 0 Å². The van der Waals surface area contributed by atoms with Gasteiger partial charge < -0.3 is 16.6 Å². The van der Waals surface area contributed by atoms with E-state index < -0.39 is 5.91 Å². The SMILES string of the molecule is C#Cc1ccc(O)c(C)c1-n1c(N)c(C(N)=O)c2cnc(C)nc21. The molecule has 2 aromatic heterocycles. The van der Waals surface area contributed by atoms with Gasteiger partial charge in [-0.15, -0.1) is 6.42 Å². The van der Waals surface area contributed by atoms with Gasteiger partial charge in [-0.2, -0.15) is 0 Å². The molecule has 7 heteroatoms. The van der Waals surface area contributed by atoms with Gasteiger partial charge in [-0.05, 0) is 26.0 Å². The van der Waals surface area contributed by atoms with Gasteiger partial charge in [-0.25, -0.2) is 9.97 Å². The molecule has 0 spiro atoms. The van der Waals surface area contributed by atoms with Crippen LogP contribution in [0.4, 0.5) is 5.82 Å². The number of carbonyl (C=O) groups excluding carboxylic acids is 1. The van der Waals surface area contributed by atoms with Crippen molar-refractivity contribution in [2.24, 2.45) is 5.73 Å². The summed E-state index contributed by atoms with van der Waals surface area (Å²) in [4.78, 5) is 20.3. The molecule has 0 aliphatic carbocycles. The third kappa shape index (κ3) is 2.05. The molecule has 1 amide bonds. The largest absolute Gasteiger partial charge is 0.508 e. The molecule has 0 saturated heterocycles. The lowest BCUT2D eigenvalue weighted by atomic mass is 10.1. The number of aromatic hydroxyl groups is 1. The Balaban J connectivity index is 2.56. The molecule has 0 saturated carbocycles. The van der Waals surface area contributed by atoms with Crippen LogP contribution in [-0.4, -0.2) is 25.5 Å². The Kier molecular flexibility index (Phi) is 3.38. The number of amides is 1. The molecule has 0 aliphatic heterocycles. The third-order valence-electron chi connectivity index (χ3n) is 3.90. The molecule has 7 nitrogen and oxygen atoms in total. The van der Waals surface area contributed by atoms with Crippen LogP contribution in [-0.2, 0) is 0 Å². The minimum absolute atomic E-state index is 0.0525. The first kappa shape index (κ1) is 15.4. The lowest BCUT2D eigenvalue weighted by Crippen LogP contribution is -2.14. The lowest BCUT2D eigenvalue weighted by molar-refractivity contribution is 0.100. The van der Waals surface area contributed by atoms with Crippen LogP contribution in [0.1, 0.15) is 27.3 Å². The number of rotatable bonds is 2. The zero-order valence-corrected chi connectivity index (χ0v) is 13.2. The van der Waals surface area contributed by atoms with Crippen LogP contribution in [0, 0.1) is 26.2 Å². The quantitative estimate of drug-likeness (QED) is 0.616. The second-order valence-corrected chi connectivity index (χ2v) is 5.36. The van der Waals surface area contributed by atoms with Crippen LogP contribution in [0.25, 0.3) is 16.7 Å². The fraction of sp³-hybridized carbons (Fsp3) is 0.118. The maximum atomic E-state index is 11.9. The lowest BCUT2D eigenvalue weighted by Gasteiger charge is -2.14. The number of fused-ring (bicyclic) bond motifs is 1. The number of benzene rings is 1. The molecule has 2 heterocycles. The number of anilines is 1. The van der Waals surface area contributed by atoms with Gasteiger partial charge in [-0.1, -0.05) is 5.92 Å². The molecule has 0 fully saturated rings. The molecule has 3 rings (SSSR count). The number of aromatic nitrogens is 3. The van der Waals surface area contributed by atoms with Gasteiger partial charge >= 0.3 is 0 Å². The van der Waals surface area contributed by atoms with E-state index in [2.05, 4.69) is 15.9 Å². The number of nitrogens with two attached hydrogens (primary N) is 2. The summed E-state index contributed by atoms with van der Waals surface area (Å²) >= 11 is 0. The zero-order chi connectivity index (χ0) is 17.6. The Morgan fingerprint density at radius 2 is 2.08 bits per heavy atom. The standard InChI is InChI=1S/C17H15N5O2/c1-4-10-5-6-12(23)8(2)14(10)22-15(18)13(16(19)24)11-7-20-9(3)21-17(11)22/h1,5-7,23H,18H2,2-3H3,(H2,19,24). The Labute approximate surface area is 137 Å². The van der Waals surface area contributed by atoms with Crippen molar-refractivity contribution in [3.63, 3.8) is 0 Å². The second kappa shape index (κ2) is 5.28. The van der Waals surface area contributed by atoms with E-state index in [1.807, 2.05) is 0 Å². The molecule has 1 aromatic carbocycles. The summed E-state index contributed by atoms with van der Waals surface area (Å²) in [5.74, 6) is 2.52. The first-order valence-electron chi connectivity index (χ1n) is 7.09. The van der Waals surface area contributed by atoms with Gasteiger partial charge in [0, 0.05) is 17.3 Å². The highest BCUT2D eigenvalue weighted by Crippen LogP contribution is 2.35. The Morgan fingerprint density at radius 3 is 2.71 bits per heavy atom. The number of hydrogen-bond acceptors (Lipinski definition) is 5. The van der Waals surface area contributed by atoms with Crippen molar-refractivity contribution in [3.8, 4) is 23.8 Å². The number of terminal acetylenes is 1. The fourth-order valence-corrected chi connectivity index (χ4v) is 2.75. The average Bonchev–Trinajstić information content (AvgIpc) is 2.81. The van der Waals surface area contributed by atoms with Crippen molar-refractivity contribution < 1.29 is 9.90 Å². The highest BCUT2D eigenvalue weighted by molar-refractivity contribution is 6.10. The Hall–Kier alpha value is -3.53. The van der Waals surface area contributed by atoms with Crippen LogP contribution in [0.15, 0.2) is 18.3 Å². The molecule has 5 N–H and O–H groups in total. The van der Waals surface area contributed by atoms with Crippen molar-refractivity contribution >= 4 is 22.8 Å². The van der Waals surface area contributed by atoms with Gasteiger partial charge in [-0.3, -0.25) is 9.36 Å². The van der Waals surface area contributed by atoms with Crippen LogP contribution >= 0.6 is 0 Å². The van der Waals surface area contributed by atoms with E-state index in [0.29, 0.717) is 33.7 Å². The number of nitrogen functional groups attached to an aromatic ring is 1. The number of primary amides is 1. The van der Waals surface area contributed by atoms with Gasteiger partial charge in [0.15, 0.2) is 5.65 Å². The van der Waals surface area contributed by atoms with E-state index in [-0.39, 0.29) is 17.1 Å². The van der Waals surface area contributed by atoms with Crippen molar-refractivity contribution in [3.05, 3.63) is 40.8 Å². The number of phenolic OH excluding ortho intramolecular Hbond substituents is 1. The van der Waals surface area contributed by atoms with Gasteiger partial charge in [0.05, 0.1) is 16.6 Å². The van der Waals surface area contributed by atoms with Gasteiger partial charge in [0.25, 0.3) is 5.91 Å². The maximum absolute atomic E-state index is 11.9. The van der Waals surface area contributed by atoms with Gasteiger partial charge in [0.2, 0.25) is 0 Å². The van der Waals surface area contributed by atoms with Gasteiger partial charge in [0.1, 0.15) is 17.4 Å². The van der Waals surface area contributed by atoms with Crippen molar-refractivity contribution in [2.45, 2.75) is 13.8 Å². The predicted molar refractivity (Wildman–Crippen MR) is 90.9 cm³/mol. The zero-order valence-electron chi connectivity index (χ0n) is 13.2. The summed E-state index contributed by atoms with van der Waals surface area (Å²) in [5, 5.41) is 10.5. The van der Waals surface area contributed by atoms with Crippen molar-refractivity contribution in [1.82, 2.24) is 14.5 Å². The summed E-state index contributed by atoms with van der Waals surface area (Å²) < 4.78 is 1.54. The van der Waals surface area contributed by atoms with Crippen LogP contribution < -0.4 is 11.5 Å². The minimum atomic E-state index is -0.691. The summed E-state index contributed by atoms with van der Waals surface area (Å²) in [7, 11) is 0. The Bertz CT molecular complexity index is 1040. The van der Waals surface area contributed by atoms with E-state index in [4.69, 9.17) is 17.9 Å². The molecule has 0 atom stereocenters. The molecule has 120 valence electrons. The minimum Gasteiger partial charge on any atom is -0.508 e. The smallest absolute Gasteiger partial charge is 0.253 e. The van der Waals surface area contributed by atoms with Crippen LogP contribution in [0.5, 0.6) is 5.75 Å². The third-order valence-corrected chi connectivity index (χ3v) is 3.90. The molecule has 0 unspecified atom stereocenters.